The molecule has 0 aliphatic rings. The fourth-order valence-electron chi connectivity index (χ4n) is 1.06. The lowest BCUT2D eigenvalue weighted by molar-refractivity contribution is -0.120. The summed E-state index contributed by atoms with van der Waals surface area (Å²) in [7, 11) is 0. The zero-order valence-corrected chi connectivity index (χ0v) is 12.0. The highest BCUT2D eigenvalue weighted by molar-refractivity contribution is 14.1. The van der Waals surface area contributed by atoms with E-state index in [9.17, 15) is 9.59 Å². The number of carbonyl (C=O) groups excluding carboxylic acids is 2. The van der Waals surface area contributed by atoms with Gasteiger partial charge in [0.1, 0.15) is 0 Å². The van der Waals surface area contributed by atoms with Crippen LogP contribution < -0.4 is 10.6 Å². The minimum atomic E-state index is -0.210. The molecule has 0 fully saturated rings. The summed E-state index contributed by atoms with van der Waals surface area (Å²) >= 11 is 3.65. The van der Waals surface area contributed by atoms with Crippen molar-refractivity contribution >= 4 is 45.7 Å². The van der Waals surface area contributed by atoms with E-state index in [0.717, 1.165) is 2.88 Å². The van der Waals surface area contributed by atoms with Crippen LogP contribution in [0.5, 0.6) is 0 Å². The van der Waals surface area contributed by atoms with Crippen LogP contribution >= 0.6 is 33.9 Å². The number of amides is 2. The fraction of sp³-hybridized carbons (Fsp3) is 0.400. The van der Waals surface area contributed by atoms with Gasteiger partial charge in [0.2, 0.25) is 5.91 Å². The minimum Gasteiger partial charge on any atom is -0.352 e. The van der Waals surface area contributed by atoms with E-state index in [4.69, 9.17) is 0 Å². The summed E-state index contributed by atoms with van der Waals surface area (Å²) < 4.78 is 1.05. The average Bonchev–Trinajstić information content (AvgIpc) is 2.60. The number of rotatable bonds is 4. The molecule has 0 bridgehead atoms. The molecular weight excluding hydrogens is 339 g/mol. The van der Waals surface area contributed by atoms with Crippen molar-refractivity contribution in [2.24, 2.45) is 0 Å². The molecule has 0 spiro atoms. The number of hydrogen-bond donors (Lipinski definition) is 2. The molecule has 2 N–H and O–H groups in total. The molecule has 0 radical (unpaired) electrons. The van der Waals surface area contributed by atoms with Gasteiger partial charge in [-0.05, 0) is 42.5 Å². The van der Waals surface area contributed by atoms with Gasteiger partial charge in [-0.1, -0.05) is 0 Å². The Balaban J connectivity index is 2.38. The third-order valence-electron chi connectivity index (χ3n) is 1.69. The molecule has 2 amide bonds. The number of hydrogen-bond acceptors (Lipinski definition) is 3. The highest BCUT2D eigenvalue weighted by atomic mass is 127. The molecule has 6 heteroatoms. The van der Waals surface area contributed by atoms with Crippen LogP contribution in [-0.4, -0.2) is 24.4 Å². The molecule has 0 atom stereocenters. The molecule has 0 unspecified atom stereocenters. The molecule has 1 aromatic heterocycles. The minimum absolute atomic E-state index is 0.0173. The number of halogens is 1. The van der Waals surface area contributed by atoms with Gasteiger partial charge < -0.3 is 10.6 Å². The quantitative estimate of drug-likeness (QED) is 0.809. The van der Waals surface area contributed by atoms with E-state index in [1.165, 1.54) is 11.3 Å². The number of thiophene rings is 1. The van der Waals surface area contributed by atoms with Gasteiger partial charge in [0.05, 0.1) is 15.0 Å². The summed E-state index contributed by atoms with van der Waals surface area (Å²) in [5, 5.41) is 7.05. The lowest BCUT2D eigenvalue weighted by Gasteiger charge is -2.08. The van der Waals surface area contributed by atoms with Gasteiger partial charge in [-0.2, -0.15) is 0 Å². The van der Waals surface area contributed by atoms with Gasteiger partial charge in [0, 0.05) is 11.4 Å². The topological polar surface area (TPSA) is 58.2 Å². The van der Waals surface area contributed by atoms with Gasteiger partial charge in [0.25, 0.3) is 5.91 Å². The van der Waals surface area contributed by atoms with Gasteiger partial charge in [-0.25, -0.2) is 0 Å². The fourth-order valence-corrected chi connectivity index (χ4v) is 2.39. The maximum atomic E-state index is 11.6. The first-order valence-electron chi connectivity index (χ1n) is 4.80. The van der Waals surface area contributed by atoms with Crippen LogP contribution in [0.25, 0.3) is 0 Å². The van der Waals surface area contributed by atoms with Crippen molar-refractivity contribution in [1.82, 2.24) is 10.6 Å². The summed E-state index contributed by atoms with van der Waals surface area (Å²) in [6.07, 6.45) is 0. The Kier molecular flexibility index (Phi) is 5.20. The Hall–Kier alpha value is -0.630. The van der Waals surface area contributed by atoms with Crippen LogP contribution in [0.4, 0.5) is 0 Å². The van der Waals surface area contributed by atoms with E-state index in [2.05, 4.69) is 33.2 Å². The van der Waals surface area contributed by atoms with Gasteiger partial charge >= 0.3 is 0 Å². The van der Waals surface area contributed by atoms with E-state index in [1.807, 2.05) is 13.8 Å². The van der Waals surface area contributed by atoms with Crippen molar-refractivity contribution in [2.45, 2.75) is 19.9 Å². The molecule has 1 heterocycles. The number of nitrogens with one attached hydrogen (secondary N) is 2. The van der Waals surface area contributed by atoms with E-state index >= 15 is 0 Å². The Bertz CT molecular complexity index is 390. The second kappa shape index (κ2) is 6.19. The molecule has 0 aliphatic carbocycles. The normalized spacial score (nSPS) is 10.2. The second-order valence-electron chi connectivity index (χ2n) is 3.54. The molecule has 0 saturated carbocycles. The summed E-state index contributed by atoms with van der Waals surface area (Å²) in [5.41, 5.74) is 0.603. The molecule has 16 heavy (non-hydrogen) atoms. The maximum Gasteiger partial charge on any atom is 0.252 e. The zero-order valence-electron chi connectivity index (χ0n) is 9.04. The zero-order chi connectivity index (χ0) is 12.1. The van der Waals surface area contributed by atoms with E-state index in [0.29, 0.717) is 5.56 Å². The third kappa shape index (κ3) is 4.48. The summed E-state index contributed by atoms with van der Waals surface area (Å²) in [6, 6.07) is 1.88. The summed E-state index contributed by atoms with van der Waals surface area (Å²) in [6.45, 7) is 3.77. The molecular formula is C10H13IN2O2S. The predicted octanol–water partition coefficient (Wildman–Crippen LogP) is 1.61. The Morgan fingerprint density at radius 2 is 2.19 bits per heavy atom. The molecule has 1 rings (SSSR count). The highest BCUT2D eigenvalue weighted by Crippen LogP contribution is 2.16. The lowest BCUT2D eigenvalue weighted by atomic mass is 10.3. The first-order valence-corrected chi connectivity index (χ1v) is 6.76. The van der Waals surface area contributed by atoms with Gasteiger partial charge in [-0.15, -0.1) is 11.3 Å². The molecule has 0 saturated heterocycles. The van der Waals surface area contributed by atoms with Crippen molar-refractivity contribution in [3.8, 4) is 0 Å². The molecule has 88 valence electrons. The van der Waals surface area contributed by atoms with Crippen LogP contribution in [0.3, 0.4) is 0 Å². The van der Waals surface area contributed by atoms with E-state index < -0.39 is 0 Å². The predicted molar refractivity (Wildman–Crippen MR) is 72.6 cm³/mol. The van der Waals surface area contributed by atoms with Gasteiger partial charge in [-0.3, -0.25) is 9.59 Å². The SMILES string of the molecule is CC(C)NC(=O)CNC(=O)c1csc(I)c1. The molecule has 0 aliphatic heterocycles. The third-order valence-corrected chi connectivity index (χ3v) is 3.48. The van der Waals surface area contributed by atoms with E-state index in [1.54, 1.807) is 11.4 Å². The van der Waals surface area contributed by atoms with Crippen molar-refractivity contribution in [3.63, 3.8) is 0 Å². The highest BCUT2D eigenvalue weighted by Gasteiger charge is 2.09. The Labute approximate surface area is 112 Å². The first-order chi connectivity index (χ1) is 7.49. The number of carbonyl (C=O) groups is 2. The van der Waals surface area contributed by atoms with Gasteiger partial charge in [0.15, 0.2) is 0 Å². The van der Waals surface area contributed by atoms with Crippen molar-refractivity contribution in [3.05, 3.63) is 19.9 Å². The standard InChI is InChI=1S/C10H13IN2O2S/c1-6(2)13-9(14)4-12-10(15)7-3-8(11)16-5-7/h3,5-6H,4H2,1-2H3,(H,12,15)(H,13,14). The van der Waals surface area contributed by atoms with Crippen LogP contribution in [-0.2, 0) is 4.79 Å². The maximum absolute atomic E-state index is 11.6. The Morgan fingerprint density at radius 3 is 2.69 bits per heavy atom. The lowest BCUT2D eigenvalue weighted by Crippen LogP contribution is -2.39. The molecule has 4 nitrogen and oxygen atoms in total. The van der Waals surface area contributed by atoms with Crippen LogP contribution in [0.1, 0.15) is 24.2 Å². The summed E-state index contributed by atoms with van der Waals surface area (Å²) in [4.78, 5) is 22.8. The van der Waals surface area contributed by atoms with Crippen molar-refractivity contribution in [1.29, 1.82) is 0 Å². The molecule has 0 aromatic carbocycles. The van der Waals surface area contributed by atoms with Crippen LogP contribution in [0, 0.1) is 2.88 Å². The smallest absolute Gasteiger partial charge is 0.252 e. The van der Waals surface area contributed by atoms with Crippen molar-refractivity contribution in [2.75, 3.05) is 6.54 Å². The summed E-state index contributed by atoms with van der Waals surface area (Å²) in [5.74, 6) is -0.383. The first kappa shape index (κ1) is 13.4. The monoisotopic (exact) mass is 352 g/mol. The second-order valence-corrected chi connectivity index (χ2v) is 6.35. The van der Waals surface area contributed by atoms with Crippen molar-refractivity contribution < 1.29 is 9.59 Å². The average molecular weight is 352 g/mol. The molecule has 1 aromatic rings. The Morgan fingerprint density at radius 1 is 1.50 bits per heavy atom. The largest absolute Gasteiger partial charge is 0.352 e. The van der Waals surface area contributed by atoms with Crippen LogP contribution in [0.2, 0.25) is 0 Å². The van der Waals surface area contributed by atoms with Crippen LogP contribution in [0.15, 0.2) is 11.4 Å². The van der Waals surface area contributed by atoms with E-state index in [-0.39, 0.29) is 24.4 Å².